The van der Waals surface area contributed by atoms with Crippen molar-refractivity contribution in [1.29, 1.82) is 0 Å². The Hall–Kier alpha value is -7.17. The molecule has 8 aromatic carbocycles. The Morgan fingerprint density at radius 3 is 1.38 bits per heavy atom. The van der Waals surface area contributed by atoms with Gasteiger partial charge in [-0.2, -0.15) is 0 Å². The summed E-state index contributed by atoms with van der Waals surface area (Å²) in [5.41, 5.74) is 11.5. The summed E-state index contributed by atoms with van der Waals surface area (Å²) in [5.74, 6) is 1.94. The third-order valence-corrected chi connectivity index (χ3v) is 9.94. The lowest BCUT2D eigenvalue weighted by Gasteiger charge is -2.11. The summed E-state index contributed by atoms with van der Waals surface area (Å²) in [7, 11) is 0. The highest BCUT2D eigenvalue weighted by Gasteiger charge is 2.17. The molecule has 0 saturated carbocycles. The summed E-state index contributed by atoms with van der Waals surface area (Å²) in [6, 6.07) is 65.2. The number of nitrogens with zero attached hydrogens (tertiary/aromatic N) is 3. The molecule has 0 aliphatic heterocycles. The first-order valence-electron chi connectivity index (χ1n) is 17.8. The van der Waals surface area contributed by atoms with E-state index in [-0.39, 0.29) is 0 Å². The topological polar surface area (TPSA) is 51.8 Å². The number of fused-ring (bicyclic) bond motifs is 5. The molecule has 2 aromatic heterocycles. The van der Waals surface area contributed by atoms with Crippen molar-refractivity contribution in [1.82, 2.24) is 15.0 Å². The minimum absolute atomic E-state index is 0.640. The molecule has 2 heterocycles. The van der Waals surface area contributed by atoms with E-state index in [2.05, 4.69) is 121 Å². The van der Waals surface area contributed by atoms with E-state index in [4.69, 9.17) is 19.4 Å². The van der Waals surface area contributed by atoms with E-state index in [1.54, 1.807) is 0 Å². The molecule has 4 heteroatoms. The van der Waals surface area contributed by atoms with Gasteiger partial charge in [0.1, 0.15) is 11.2 Å². The van der Waals surface area contributed by atoms with Crippen LogP contribution in [0.2, 0.25) is 0 Å². The van der Waals surface area contributed by atoms with Crippen LogP contribution in [0.15, 0.2) is 192 Å². The Labute approximate surface area is 306 Å². The molecule has 4 nitrogen and oxygen atoms in total. The van der Waals surface area contributed by atoms with Crippen molar-refractivity contribution in [3.63, 3.8) is 0 Å². The van der Waals surface area contributed by atoms with Gasteiger partial charge in [-0.25, -0.2) is 15.0 Å². The van der Waals surface area contributed by atoms with Crippen LogP contribution in [0.3, 0.4) is 0 Å². The third kappa shape index (κ3) is 5.63. The van der Waals surface area contributed by atoms with Crippen LogP contribution in [0.1, 0.15) is 0 Å². The molecular weight excluding hydrogens is 647 g/mol. The maximum Gasteiger partial charge on any atom is 0.164 e. The van der Waals surface area contributed by atoms with Crippen LogP contribution in [0.5, 0.6) is 0 Å². The summed E-state index contributed by atoms with van der Waals surface area (Å²) in [4.78, 5) is 14.7. The van der Waals surface area contributed by atoms with Crippen LogP contribution in [-0.2, 0) is 0 Å². The fourth-order valence-corrected chi connectivity index (χ4v) is 7.26. The van der Waals surface area contributed by atoms with Gasteiger partial charge in [-0.15, -0.1) is 0 Å². The molecule has 0 amide bonds. The van der Waals surface area contributed by atoms with E-state index >= 15 is 0 Å². The second-order valence-electron chi connectivity index (χ2n) is 13.2. The second-order valence-corrected chi connectivity index (χ2v) is 13.2. The summed E-state index contributed by atoms with van der Waals surface area (Å²) in [6.07, 6.45) is 0. The van der Waals surface area contributed by atoms with Crippen molar-refractivity contribution in [2.45, 2.75) is 0 Å². The Morgan fingerprint density at radius 2 is 0.736 bits per heavy atom. The molecule has 0 bridgehead atoms. The van der Waals surface area contributed by atoms with Gasteiger partial charge in [-0.1, -0.05) is 164 Å². The first kappa shape index (κ1) is 30.6. The Morgan fingerprint density at radius 1 is 0.283 bits per heavy atom. The molecule has 0 aliphatic carbocycles. The van der Waals surface area contributed by atoms with Crippen LogP contribution in [0.4, 0.5) is 0 Å². The normalized spacial score (nSPS) is 11.4. The zero-order valence-electron chi connectivity index (χ0n) is 28.6. The second kappa shape index (κ2) is 12.9. The summed E-state index contributed by atoms with van der Waals surface area (Å²) >= 11 is 0. The van der Waals surface area contributed by atoms with E-state index in [0.29, 0.717) is 17.5 Å². The summed E-state index contributed by atoms with van der Waals surface area (Å²) < 4.78 is 6.61. The number of furan rings is 1. The average molecular weight is 678 g/mol. The van der Waals surface area contributed by atoms with Crippen LogP contribution in [-0.4, -0.2) is 15.0 Å². The molecule has 10 rings (SSSR count). The first-order chi connectivity index (χ1) is 26.2. The van der Waals surface area contributed by atoms with Crippen molar-refractivity contribution < 1.29 is 4.42 Å². The van der Waals surface area contributed by atoms with Gasteiger partial charge in [0.05, 0.1) is 0 Å². The minimum Gasteiger partial charge on any atom is -0.455 e. The largest absolute Gasteiger partial charge is 0.455 e. The highest BCUT2D eigenvalue weighted by atomic mass is 16.3. The molecule has 0 N–H and O–H groups in total. The van der Waals surface area contributed by atoms with Crippen LogP contribution in [0.25, 0.3) is 100 Å². The monoisotopic (exact) mass is 677 g/mol. The van der Waals surface area contributed by atoms with E-state index in [1.165, 1.54) is 11.1 Å². The van der Waals surface area contributed by atoms with Gasteiger partial charge in [0.2, 0.25) is 0 Å². The van der Waals surface area contributed by atoms with Gasteiger partial charge in [0, 0.05) is 32.8 Å². The van der Waals surface area contributed by atoms with Gasteiger partial charge in [-0.05, 0) is 63.0 Å². The SMILES string of the molecule is c1ccc(-c2ccc3c(c2)oc2c4ccccc4c(-c4cccc(-c5ccc(-c6nc(-c7ccccc7)nc(-c7ccccc7)n6)cc5)c4)cc32)cc1. The van der Waals surface area contributed by atoms with Crippen molar-refractivity contribution in [2.24, 2.45) is 0 Å². The van der Waals surface area contributed by atoms with Gasteiger partial charge in [0.15, 0.2) is 17.5 Å². The molecule has 0 unspecified atom stereocenters. The summed E-state index contributed by atoms with van der Waals surface area (Å²) in [5, 5.41) is 4.50. The molecular formula is C49H31N3O. The third-order valence-electron chi connectivity index (χ3n) is 9.94. The fraction of sp³-hybridized carbons (Fsp3) is 0. The molecule has 10 aromatic rings. The van der Waals surface area contributed by atoms with Gasteiger partial charge in [-0.3, -0.25) is 0 Å². The lowest BCUT2D eigenvalue weighted by atomic mass is 9.93. The predicted octanol–water partition coefficient (Wildman–Crippen LogP) is 12.9. The predicted molar refractivity (Wildman–Crippen MR) is 217 cm³/mol. The number of hydrogen-bond acceptors (Lipinski definition) is 4. The molecule has 0 radical (unpaired) electrons. The van der Waals surface area contributed by atoms with E-state index in [1.807, 2.05) is 66.7 Å². The molecule has 0 spiro atoms. The number of hydrogen-bond donors (Lipinski definition) is 0. The van der Waals surface area contributed by atoms with Crippen LogP contribution in [0, 0.1) is 0 Å². The number of benzene rings is 8. The lowest BCUT2D eigenvalue weighted by molar-refractivity contribution is 0.673. The van der Waals surface area contributed by atoms with Crippen molar-refractivity contribution >= 4 is 32.7 Å². The molecule has 0 atom stereocenters. The van der Waals surface area contributed by atoms with Crippen molar-refractivity contribution in [3.8, 4) is 67.5 Å². The highest BCUT2D eigenvalue weighted by Crippen LogP contribution is 2.41. The summed E-state index contributed by atoms with van der Waals surface area (Å²) in [6.45, 7) is 0. The van der Waals surface area contributed by atoms with Crippen LogP contribution < -0.4 is 0 Å². The lowest BCUT2D eigenvalue weighted by Crippen LogP contribution is -2.00. The van der Waals surface area contributed by atoms with E-state index < -0.39 is 0 Å². The first-order valence-corrected chi connectivity index (χ1v) is 17.8. The number of aromatic nitrogens is 3. The zero-order chi connectivity index (χ0) is 35.1. The molecule has 248 valence electrons. The van der Waals surface area contributed by atoms with Gasteiger partial charge in [0.25, 0.3) is 0 Å². The van der Waals surface area contributed by atoms with Gasteiger partial charge >= 0.3 is 0 Å². The van der Waals surface area contributed by atoms with E-state index in [9.17, 15) is 0 Å². The molecule has 0 saturated heterocycles. The maximum atomic E-state index is 6.61. The van der Waals surface area contributed by atoms with Crippen molar-refractivity contribution in [2.75, 3.05) is 0 Å². The number of rotatable bonds is 6. The standard InChI is InChI=1S/C49H31N3O/c1-4-13-32(14-5-1)38-27-28-41-44-31-43(40-21-10-11-22-42(40)46(44)53-45(41)30-38)39-20-12-19-37(29-39)33-23-25-36(26-24-33)49-51-47(34-15-6-2-7-16-34)50-48(52-49)35-17-8-3-9-18-35/h1-31H. The van der Waals surface area contributed by atoms with Crippen LogP contribution >= 0.6 is 0 Å². The molecule has 0 aliphatic rings. The quantitative estimate of drug-likeness (QED) is 0.176. The Bertz CT molecular complexity index is 2860. The van der Waals surface area contributed by atoms with Crippen molar-refractivity contribution in [3.05, 3.63) is 188 Å². The maximum absolute atomic E-state index is 6.61. The van der Waals surface area contributed by atoms with E-state index in [0.717, 1.165) is 71.7 Å². The molecule has 0 fully saturated rings. The zero-order valence-corrected chi connectivity index (χ0v) is 28.6. The minimum atomic E-state index is 0.640. The highest BCUT2D eigenvalue weighted by molar-refractivity contribution is 6.19. The van der Waals surface area contributed by atoms with Gasteiger partial charge < -0.3 is 4.42 Å². The average Bonchev–Trinajstić information content (AvgIpc) is 3.62. The fourth-order valence-electron chi connectivity index (χ4n) is 7.26. The smallest absolute Gasteiger partial charge is 0.164 e. The Balaban J connectivity index is 1.04. The Kier molecular flexibility index (Phi) is 7.43. The molecule has 53 heavy (non-hydrogen) atoms.